The van der Waals surface area contributed by atoms with Crippen molar-refractivity contribution in [2.24, 2.45) is 0 Å². The molecule has 2 heteroatoms. The van der Waals surface area contributed by atoms with E-state index in [1.165, 1.54) is 6.08 Å². The van der Waals surface area contributed by atoms with Crippen molar-refractivity contribution in [3.8, 4) is 5.75 Å². The maximum Gasteiger partial charge on any atom is 0.124 e. The van der Waals surface area contributed by atoms with Crippen molar-refractivity contribution < 1.29 is 9.84 Å². The van der Waals surface area contributed by atoms with Crippen LogP contribution >= 0.6 is 0 Å². The number of methoxy groups -OCH3 is 1. The normalized spacial score (nSPS) is 12.2. The van der Waals surface area contributed by atoms with Gasteiger partial charge in [0.25, 0.3) is 0 Å². The van der Waals surface area contributed by atoms with E-state index in [4.69, 9.17) is 4.74 Å². The fraction of sp³-hybridized carbons (Fsp3) is 0.200. The molecule has 64 valence electrons. The number of hydrogen-bond donors (Lipinski definition) is 1. The van der Waals surface area contributed by atoms with Crippen molar-refractivity contribution >= 4 is 0 Å². The first-order valence-corrected chi connectivity index (χ1v) is 3.73. The van der Waals surface area contributed by atoms with E-state index in [1.54, 1.807) is 7.11 Å². The maximum atomic E-state index is 9.44. The smallest absolute Gasteiger partial charge is 0.124 e. The summed E-state index contributed by atoms with van der Waals surface area (Å²) in [6, 6.07) is 7.33. The van der Waals surface area contributed by atoms with Crippen LogP contribution < -0.4 is 4.74 Å². The van der Waals surface area contributed by atoms with E-state index in [-0.39, 0.29) is 0 Å². The van der Waals surface area contributed by atoms with Gasteiger partial charge in [-0.1, -0.05) is 24.3 Å². The molecular formula is C10H12O2. The van der Waals surface area contributed by atoms with Crippen LogP contribution in [0.4, 0.5) is 0 Å². The first kappa shape index (κ1) is 8.81. The van der Waals surface area contributed by atoms with Crippen LogP contribution in [-0.2, 0) is 0 Å². The predicted octanol–water partition coefficient (Wildman–Crippen LogP) is 1.91. The van der Waals surface area contributed by atoms with Crippen molar-refractivity contribution in [1.29, 1.82) is 0 Å². The van der Waals surface area contributed by atoms with Gasteiger partial charge in [-0.2, -0.15) is 0 Å². The van der Waals surface area contributed by atoms with Crippen molar-refractivity contribution in [3.63, 3.8) is 0 Å². The Kier molecular flexibility index (Phi) is 2.88. The number of para-hydroxylation sites is 1. The van der Waals surface area contributed by atoms with E-state index >= 15 is 0 Å². The predicted molar refractivity (Wildman–Crippen MR) is 48.2 cm³/mol. The monoisotopic (exact) mass is 164 g/mol. The average Bonchev–Trinajstić information content (AvgIpc) is 2.16. The Hall–Kier alpha value is -1.28. The molecule has 1 rings (SSSR count). The summed E-state index contributed by atoms with van der Waals surface area (Å²) in [5.41, 5.74) is 0.745. The van der Waals surface area contributed by atoms with E-state index in [2.05, 4.69) is 6.58 Å². The Morgan fingerprint density at radius 1 is 1.50 bits per heavy atom. The topological polar surface area (TPSA) is 29.5 Å². The maximum absolute atomic E-state index is 9.44. The highest BCUT2D eigenvalue weighted by Crippen LogP contribution is 2.24. The van der Waals surface area contributed by atoms with Gasteiger partial charge in [0.15, 0.2) is 0 Å². The van der Waals surface area contributed by atoms with E-state index < -0.39 is 6.10 Å². The van der Waals surface area contributed by atoms with Crippen LogP contribution in [0, 0.1) is 0 Å². The van der Waals surface area contributed by atoms with E-state index in [9.17, 15) is 5.11 Å². The summed E-state index contributed by atoms with van der Waals surface area (Å²) < 4.78 is 5.06. The number of aliphatic hydroxyl groups is 1. The Balaban J connectivity index is 3.04. The van der Waals surface area contributed by atoms with Crippen molar-refractivity contribution in [2.45, 2.75) is 6.10 Å². The molecule has 12 heavy (non-hydrogen) atoms. The molecular weight excluding hydrogens is 152 g/mol. The zero-order valence-electron chi connectivity index (χ0n) is 7.03. The molecule has 0 fully saturated rings. The number of rotatable bonds is 3. The molecule has 0 heterocycles. The largest absolute Gasteiger partial charge is 0.496 e. The molecule has 0 amide bonds. The molecule has 1 aromatic carbocycles. The first-order chi connectivity index (χ1) is 5.79. The van der Waals surface area contributed by atoms with Crippen LogP contribution in [0.25, 0.3) is 0 Å². The van der Waals surface area contributed by atoms with Crippen LogP contribution in [0.15, 0.2) is 36.9 Å². The summed E-state index contributed by atoms with van der Waals surface area (Å²) in [4.78, 5) is 0. The third kappa shape index (κ3) is 1.66. The Labute approximate surface area is 72.1 Å². The quantitative estimate of drug-likeness (QED) is 0.691. The third-order valence-electron chi connectivity index (χ3n) is 1.68. The molecule has 1 N–H and O–H groups in total. The summed E-state index contributed by atoms with van der Waals surface area (Å²) in [6.07, 6.45) is 0.818. The number of aliphatic hydroxyl groups excluding tert-OH is 1. The van der Waals surface area contributed by atoms with Crippen LogP contribution in [0.2, 0.25) is 0 Å². The van der Waals surface area contributed by atoms with Gasteiger partial charge >= 0.3 is 0 Å². The zero-order valence-corrected chi connectivity index (χ0v) is 7.03. The van der Waals surface area contributed by atoms with Gasteiger partial charge < -0.3 is 9.84 Å². The molecule has 0 aliphatic rings. The lowest BCUT2D eigenvalue weighted by molar-refractivity contribution is 0.223. The molecule has 0 radical (unpaired) electrons. The Morgan fingerprint density at radius 3 is 2.75 bits per heavy atom. The summed E-state index contributed by atoms with van der Waals surface area (Å²) in [7, 11) is 1.58. The van der Waals surface area contributed by atoms with Gasteiger partial charge in [0.1, 0.15) is 11.9 Å². The second-order valence-electron chi connectivity index (χ2n) is 2.42. The van der Waals surface area contributed by atoms with Crippen molar-refractivity contribution in [2.75, 3.05) is 7.11 Å². The second kappa shape index (κ2) is 3.93. The summed E-state index contributed by atoms with van der Waals surface area (Å²) in [5, 5.41) is 9.44. The highest BCUT2D eigenvalue weighted by atomic mass is 16.5. The van der Waals surface area contributed by atoms with E-state index in [1.807, 2.05) is 24.3 Å². The minimum absolute atomic E-state index is 0.652. The summed E-state index contributed by atoms with van der Waals surface area (Å²) in [5.74, 6) is 0.685. The van der Waals surface area contributed by atoms with Crippen LogP contribution in [0.1, 0.15) is 11.7 Å². The Morgan fingerprint density at radius 2 is 2.17 bits per heavy atom. The van der Waals surface area contributed by atoms with Crippen molar-refractivity contribution in [1.82, 2.24) is 0 Å². The van der Waals surface area contributed by atoms with E-state index in [0.29, 0.717) is 5.75 Å². The summed E-state index contributed by atoms with van der Waals surface area (Å²) in [6.45, 7) is 3.51. The highest BCUT2D eigenvalue weighted by molar-refractivity contribution is 5.36. The minimum Gasteiger partial charge on any atom is -0.496 e. The minimum atomic E-state index is -0.652. The number of ether oxygens (including phenoxy) is 1. The van der Waals surface area contributed by atoms with Gasteiger partial charge in [-0.15, -0.1) is 6.58 Å². The highest BCUT2D eigenvalue weighted by Gasteiger charge is 2.07. The molecule has 1 aromatic rings. The lowest BCUT2D eigenvalue weighted by Gasteiger charge is -2.10. The standard InChI is InChI=1S/C10H12O2/c1-3-9(11)8-6-4-5-7-10(8)12-2/h3-7,9,11H,1H2,2H3/t9-/m0/s1. The fourth-order valence-electron chi connectivity index (χ4n) is 1.04. The second-order valence-corrected chi connectivity index (χ2v) is 2.42. The number of benzene rings is 1. The molecule has 0 saturated heterocycles. The molecule has 0 spiro atoms. The molecule has 0 unspecified atom stereocenters. The third-order valence-corrected chi connectivity index (χ3v) is 1.68. The molecule has 0 aliphatic carbocycles. The molecule has 2 nitrogen and oxygen atoms in total. The van der Waals surface area contributed by atoms with Gasteiger partial charge in [-0.3, -0.25) is 0 Å². The van der Waals surface area contributed by atoms with Gasteiger partial charge in [-0.05, 0) is 6.07 Å². The van der Waals surface area contributed by atoms with Crippen LogP contribution in [0.5, 0.6) is 5.75 Å². The van der Waals surface area contributed by atoms with Gasteiger partial charge in [0.2, 0.25) is 0 Å². The molecule has 1 atom stereocenters. The van der Waals surface area contributed by atoms with E-state index in [0.717, 1.165) is 5.56 Å². The van der Waals surface area contributed by atoms with Gasteiger partial charge in [0, 0.05) is 5.56 Å². The van der Waals surface area contributed by atoms with Crippen LogP contribution in [-0.4, -0.2) is 12.2 Å². The summed E-state index contributed by atoms with van der Waals surface area (Å²) >= 11 is 0. The van der Waals surface area contributed by atoms with Gasteiger partial charge in [-0.25, -0.2) is 0 Å². The molecule has 0 aliphatic heterocycles. The molecule has 0 aromatic heterocycles. The number of hydrogen-bond acceptors (Lipinski definition) is 2. The lowest BCUT2D eigenvalue weighted by Crippen LogP contribution is -1.96. The first-order valence-electron chi connectivity index (χ1n) is 3.73. The van der Waals surface area contributed by atoms with Gasteiger partial charge in [0.05, 0.1) is 7.11 Å². The SMILES string of the molecule is C=C[C@H](O)c1ccccc1OC. The van der Waals surface area contributed by atoms with Crippen LogP contribution in [0.3, 0.4) is 0 Å². The zero-order chi connectivity index (χ0) is 8.97. The van der Waals surface area contributed by atoms with Crippen molar-refractivity contribution in [3.05, 3.63) is 42.5 Å². The lowest BCUT2D eigenvalue weighted by atomic mass is 10.1. The fourth-order valence-corrected chi connectivity index (χ4v) is 1.04. The molecule has 0 saturated carbocycles. The average molecular weight is 164 g/mol. The molecule has 0 bridgehead atoms. The Bertz CT molecular complexity index is 268.